The average molecular weight is 412 g/mol. The Kier molecular flexibility index (Phi) is 5.22. The normalized spacial score (nSPS) is 29.1. The molecule has 2 saturated carbocycles. The number of nitrogens with one attached hydrogen (secondary N) is 2. The first-order valence-corrected chi connectivity index (χ1v) is 10.4. The minimum atomic E-state index is -0.475. The van der Waals surface area contributed by atoms with Gasteiger partial charge in [0.2, 0.25) is 0 Å². The van der Waals surface area contributed by atoms with Crippen molar-refractivity contribution in [3.63, 3.8) is 0 Å². The van der Waals surface area contributed by atoms with Gasteiger partial charge < -0.3 is 15.4 Å². The van der Waals surface area contributed by atoms with E-state index in [-0.39, 0.29) is 30.3 Å². The van der Waals surface area contributed by atoms with Crippen molar-refractivity contribution in [3.05, 3.63) is 66.0 Å². The third-order valence-electron chi connectivity index (χ3n) is 6.85. The lowest BCUT2D eigenvalue weighted by atomic mass is 9.99. The van der Waals surface area contributed by atoms with Crippen molar-refractivity contribution in [1.82, 2.24) is 15.5 Å². The van der Waals surface area contributed by atoms with Crippen LogP contribution in [0.2, 0.25) is 0 Å². The molecule has 0 radical (unpaired) electrons. The van der Waals surface area contributed by atoms with Gasteiger partial charge >= 0.3 is 6.09 Å². The van der Waals surface area contributed by atoms with E-state index < -0.39 is 6.09 Å². The molecule has 1 aromatic carbocycles. The number of ether oxygens (including phenoxy) is 1. The van der Waals surface area contributed by atoms with E-state index in [1.54, 1.807) is 0 Å². The second kappa shape index (κ2) is 7.58. The first kappa shape index (κ1) is 20.7. The molecular formula is C24H30FN3O2. The third kappa shape index (κ3) is 3.76. The number of amides is 1. The van der Waals surface area contributed by atoms with Crippen LogP contribution in [0.3, 0.4) is 0 Å². The van der Waals surface area contributed by atoms with Gasteiger partial charge in [-0.15, -0.1) is 0 Å². The van der Waals surface area contributed by atoms with Crippen LogP contribution >= 0.6 is 0 Å². The van der Waals surface area contributed by atoms with Gasteiger partial charge in [-0.1, -0.05) is 37.9 Å². The van der Waals surface area contributed by atoms with E-state index >= 15 is 0 Å². The smallest absolute Gasteiger partial charge is 0.407 e. The second-order valence-corrected chi connectivity index (χ2v) is 9.01. The van der Waals surface area contributed by atoms with Gasteiger partial charge in [0.15, 0.2) is 0 Å². The standard InChI is InChI=1S/C24H30FN3O2/c1-5-19-10-18(12-30-22(29)27-24-13-23(24,14-24)15-25)7-8-20(19)11-28(4)21-9-6-16(2)26-17(21)3/h5,7-8,10,21,26H,1-3,6,9,11-15H2,4H3,(H,27,29). The Morgan fingerprint density at radius 2 is 2.20 bits per heavy atom. The number of likely N-dealkylation sites (N-methyl/N-ethyl adjacent to an activating group) is 1. The van der Waals surface area contributed by atoms with Crippen LogP contribution in [0.25, 0.3) is 6.08 Å². The van der Waals surface area contributed by atoms with Crippen molar-refractivity contribution in [1.29, 1.82) is 0 Å². The molecule has 0 aromatic heterocycles. The SMILES string of the molecule is C=Cc1cc(COC(=O)NC23CC2(CF)C3)ccc1CN(C)C1CCC(=C)NC1=C. The van der Waals surface area contributed by atoms with Crippen molar-refractivity contribution >= 4 is 12.2 Å². The molecule has 5 nitrogen and oxygen atoms in total. The molecule has 1 saturated heterocycles. The number of halogens is 1. The highest BCUT2D eigenvalue weighted by Crippen LogP contribution is 2.78. The quantitative estimate of drug-likeness (QED) is 0.671. The summed E-state index contributed by atoms with van der Waals surface area (Å²) in [6.45, 7) is 12.6. The molecule has 1 unspecified atom stereocenters. The van der Waals surface area contributed by atoms with E-state index in [1.165, 1.54) is 0 Å². The molecule has 1 heterocycles. The van der Waals surface area contributed by atoms with Gasteiger partial charge in [0, 0.05) is 29.4 Å². The Morgan fingerprint density at radius 1 is 1.43 bits per heavy atom. The summed E-state index contributed by atoms with van der Waals surface area (Å²) in [4.78, 5) is 14.3. The molecule has 4 rings (SSSR count). The highest BCUT2D eigenvalue weighted by Gasteiger charge is 2.84. The Balaban J connectivity index is 1.32. The zero-order valence-electron chi connectivity index (χ0n) is 17.6. The topological polar surface area (TPSA) is 53.6 Å². The van der Waals surface area contributed by atoms with Gasteiger partial charge in [-0.3, -0.25) is 9.29 Å². The molecule has 3 aliphatic rings. The number of benzene rings is 1. The van der Waals surface area contributed by atoms with E-state index in [2.05, 4.69) is 48.4 Å². The van der Waals surface area contributed by atoms with E-state index in [4.69, 9.17) is 4.74 Å². The summed E-state index contributed by atoms with van der Waals surface area (Å²) >= 11 is 0. The maximum Gasteiger partial charge on any atom is 0.407 e. The number of allylic oxidation sites excluding steroid dienone is 1. The lowest BCUT2D eigenvalue weighted by Crippen LogP contribution is -2.40. The Labute approximate surface area is 177 Å². The lowest BCUT2D eigenvalue weighted by molar-refractivity contribution is 0.137. The zero-order chi connectivity index (χ0) is 21.5. The van der Waals surface area contributed by atoms with Crippen molar-refractivity contribution in [2.75, 3.05) is 13.7 Å². The number of alkyl carbamates (subject to hydrolysis) is 1. The molecule has 0 spiro atoms. The van der Waals surface area contributed by atoms with Crippen molar-refractivity contribution in [2.24, 2.45) is 5.41 Å². The molecule has 1 aromatic rings. The molecule has 1 aliphatic heterocycles. The number of alkyl halides is 1. The van der Waals surface area contributed by atoms with Gasteiger partial charge in [0.1, 0.15) is 6.61 Å². The summed E-state index contributed by atoms with van der Waals surface area (Å²) in [7, 11) is 2.09. The average Bonchev–Trinajstić information content (AvgIpc) is 3.53. The highest BCUT2D eigenvalue weighted by atomic mass is 19.1. The van der Waals surface area contributed by atoms with Gasteiger partial charge in [-0.25, -0.2) is 4.79 Å². The van der Waals surface area contributed by atoms with Crippen molar-refractivity contribution < 1.29 is 13.9 Å². The number of hydrogen-bond donors (Lipinski definition) is 2. The third-order valence-corrected chi connectivity index (χ3v) is 6.85. The molecule has 1 atom stereocenters. The largest absolute Gasteiger partial charge is 0.445 e. The van der Waals surface area contributed by atoms with E-state index in [1.807, 2.05) is 18.2 Å². The number of carbonyl (C=O) groups excluding carboxylic acids is 1. The van der Waals surface area contributed by atoms with Crippen LogP contribution in [0.15, 0.2) is 49.3 Å². The summed E-state index contributed by atoms with van der Waals surface area (Å²) < 4.78 is 18.3. The van der Waals surface area contributed by atoms with Crippen LogP contribution < -0.4 is 10.6 Å². The number of fused-ring (bicyclic) bond motifs is 1. The monoisotopic (exact) mass is 411 g/mol. The first-order valence-electron chi connectivity index (χ1n) is 10.4. The molecule has 30 heavy (non-hydrogen) atoms. The fourth-order valence-corrected chi connectivity index (χ4v) is 4.63. The number of rotatable bonds is 8. The van der Waals surface area contributed by atoms with Crippen LogP contribution in [0.5, 0.6) is 0 Å². The summed E-state index contributed by atoms with van der Waals surface area (Å²) in [6.07, 6.45) is 4.74. The predicted molar refractivity (Wildman–Crippen MR) is 116 cm³/mol. The van der Waals surface area contributed by atoms with Crippen LogP contribution in [0.4, 0.5) is 9.18 Å². The minimum Gasteiger partial charge on any atom is -0.445 e. The van der Waals surface area contributed by atoms with Crippen molar-refractivity contribution in [3.8, 4) is 0 Å². The number of hydrogen-bond acceptors (Lipinski definition) is 4. The van der Waals surface area contributed by atoms with Crippen LogP contribution in [0, 0.1) is 5.41 Å². The highest BCUT2D eigenvalue weighted by molar-refractivity contribution is 5.71. The van der Waals surface area contributed by atoms with E-state index in [0.717, 1.165) is 60.3 Å². The fraction of sp³-hybridized carbons (Fsp3) is 0.458. The van der Waals surface area contributed by atoms with Gasteiger partial charge in [-0.2, -0.15) is 0 Å². The minimum absolute atomic E-state index is 0.174. The maximum absolute atomic E-state index is 12.9. The van der Waals surface area contributed by atoms with E-state index in [9.17, 15) is 9.18 Å². The van der Waals surface area contributed by atoms with Crippen LogP contribution in [-0.2, 0) is 17.9 Å². The first-order chi connectivity index (χ1) is 14.3. The molecular weight excluding hydrogens is 381 g/mol. The summed E-state index contributed by atoms with van der Waals surface area (Å²) in [6, 6.07) is 6.27. The molecule has 1 amide bonds. The summed E-state index contributed by atoms with van der Waals surface area (Å²) in [5.41, 5.74) is 4.44. The van der Waals surface area contributed by atoms with Crippen LogP contribution in [-0.4, -0.2) is 36.3 Å². The predicted octanol–water partition coefficient (Wildman–Crippen LogP) is 4.27. The number of piperidine rings is 1. The number of carbonyl (C=O) groups is 1. The Hall–Kier alpha value is -2.60. The molecule has 2 N–H and O–H groups in total. The lowest BCUT2D eigenvalue weighted by Gasteiger charge is -2.35. The Bertz CT molecular complexity index is 904. The van der Waals surface area contributed by atoms with Gasteiger partial charge in [0.25, 0.3) is 0 Å². The maximum atomic E-state index is 12.9. The molecule has 6 heteroatoms. The molecule has 2 aliphatic carbocycles. The van der Waals surface area contributed by atoms with Gasteiger partial charge in [-0.05, 0) is 55.5 Å². The fourth-order valence-electron chi connectivity index (χ4n) is 4.63. The molecule has 0 bridgehead atoms. The van der Waals surface area contributed by atoms with E-state index in [0.29, 0.717) is 0 Å². The van der Waals surface area contributed by atoms with Gasteiger partial charge in [0.05, 0.1) is 12.2 Å². The zero-order valence-corrected chi connectivity index (χ0v) is 17.6. The second-order valence-electron chi connectivity index (χ2n) is 9.01. The summed E-state index contributed by atoms with van der Waals surface area (Å²) in [5.74, 6) is 0. The summed E-state index contributed by atoms with van der Waals surface area (Å²) in [5, 5.41) is 6.09. The number of nitrogens with zero attached hydrogens (tertiary/aromatic N) is 1. The van der Waals surface area contributed by atoms with Crippen LogP contribution in [0.1, 0.15) is 42.4 Å². The Morgan fingerprint density at radius 3 is 2.83 bits per heavy atom. The van der Waals surface area contributed by atoms with Crippen molar-refractivity contribution in [2.45, 2.75) is 50.4 Å². The molecule has 160 valence electrons. The molecule has 3 fully saturated rings.